The lowest BCUT2D eigenvalue weighted by molar-refractivity contribution is -0.132. The topological polar surface area (TPSA) is 26.3 Å². The van der Waals surface area contributed by atoms with Crippen LogP contribution >= 0.6 is 0 Å². The highest BCUT2D eigenvalue weighted by atomic mass is 16.5. The molecule has 90 valence electrons. The highest BCUT2D eigenvalue weighted by Crippen LogP contribution is 2.29. The molecule has 0 bridgehead atoms. The number of allylic oxidation sites excluding steroid dienone is 2. The summed E-state index contributed by atoms with van der Waals surface area (Å²) in [5.41, 5.74) is 0.255. The van der Waals surface area contributed by atoms with Crippen LogP contribution < -0.4 is 0 Å². The minimum Gasteiger partial charge on any atom is -0.362 e. The highest BCUT2D eigenvalue weighted by Gasteiger charge is 2.37. The number of methoxy groups -OCH3 is 1. The van der Waals surface area contributed by atoms with Gasteiger partial charge >= 0.3 is 0 Å². The Morgan fingerprint density at radius 2 is 2.25 bits per heavy atom. The molecule has 16 heavy (non-hydrogen) atoms. The quantitative estimate of drug-likeness (QED) is 0.508. The van der Waals surface area contributed by atoms with Gasteiger partial charge in [0.05, 0.1) is 0 Å². The summed E-state index contributed by atoms with van der Waals surface area (Å²) in [6, 6.07) is 0. The Hall–Kier alpha value is -0.890. The zero-order valence-corrected chi connectivity index (χ0v) is 10.6. The van der Waals surface area contributed by atoms with E-state index >= 15 is 0 Å². The first-order valence-electron chi connectivity index (χ1n) is 6.10. The van der Waals surface area contributed by atoms with Gasteiger partial charge in [0.1, 0.15) is 0 Å². The average Bonchev–Trinajstić information content (AvgIpc) is 2.30. The molecule has 1 aliphatic rings. The van der Waals surface area contributed by atoms with Gasteiger partial charge in [0.15, 0.2) is 11.4 Å². The maximum atomic E-state index is 12.2. The molecule has 0 N–H and O–H groups in total. The standard InChI is InChI=1S/C14H22O2/c1-4-5-6-10-13(15)14(16-3)11-8-7-9-12(14)2/h8-9,11H,4-7,10H2,1-3H3. The highest BCUT2D eigenvalue weighted by molar-refractivity contribution is 5.93. The Morgan fingerprint density at radius 1 is 1.50 bits per heavy atom. The van der Waals surface area contributed by atoms with Crippen molar-refractivity contribution >= 4 is 5.78 Å². The molecule has 2 nitrogen and oxygen atoms in total. The molecule has 0 aromatic heterocycles. The number of hydrogen-bond donors (Lipinski definition) is 0. The fourth-order valence-corrected chi connectivity index (χ4v) is 2.14. The molecule has 1 unspecified atom stereocenters. The summed E-state index contributed by atoms with van der Waals surface area (Å²) in [5.74, 6) is 0.188. The van der Waals surface area contributed by atoms with Gasteiger partial charge in [-0.1, -0.05) is 31.9 Å². The first kappa shape index (κ1) is 13.2. The lowest BCUT2D eigenvalue weighted by atomic mass is 9.83. The van der Waals surface area contributed by atoms with E-state index in [4.69, 9.17) is 4.74 Å². The molecule has 0 fully saturated rings. The van der Waals surface area contributed by atoms with E-state index < -0.39 is 5.60 Å². The van der Waals surface area contributed by atoms with Crippen molar-refractivity contribution in [1.29, 1.82) is 0 Å². The predicted molar refractivity (Wildman–Crippen MR) is 66.4 cm³/mol. The Balaban J connectivity index is 2.72. The number of ketones is 1. The van der Waals surface area contributed by atoms with Crippen LogP contribution in [0.3, 0.4) is 0 Å². The van der Waals surface area contributed by atoms with E-state index in [1.54, 1.807) is 7.11 Å². The Labute approximate surface area is 98.4 Å². The number of ether oxygens (including phenoxy) is 1. The predicted octanol–water partition coefficient (Wildman–Crippen LogP) is 3.43. The second kappa shape index (κ2) is 6.00. The van der Waals surface area contributed by atoms with Gasteiger partial charge in [-0.15, -0.1) is 0 Å². The van der Waals surface area contributed by atoms with E-state index in [1.165, 1.54) is 0 Å². The molecular weight excluding hydrogens is 200 g/mol. The molecule has 0 heterocycles. The minimum atomic E-state index is -0.772. The number of hydrogen-bond acceptors (Lipinski definition) is 2. The van der Waals surface area contributed by atoms with Gasteiger partial charge in [-0.2, -0.15) is 0 Å². The molecule has 0 aromatic carbocycles. The molecule has 0 aliphatic heterocycles. The first-order valence-corrected chi connectivity index (χ1v) is 6.10. The number of unbranched alkanes of at least 4 members (excludes halogenated alkanes) is 2. The molecule has 2 heteroatoms. The lowest BCUT2D eigenvalue weighted by Crippen LogP contribution is -2.41. The maximum absolute atomic E-state index is 12.2. The molecule has 0 amide bonds. The van der Waals surface area contributed by atoms with Crippen LogP contribution in [0.15, 0.2) is 23.8 Å². The molecule has 0 radical (unpaired) electrons. The number of rotatable bonds is 6. The van der Waals surface area contributed by atoms with Crippen LogP contribution in [-0.2, 0) is 9.53 Å². The molecule has 0 saturated heterocycles. The molecular formula is C14H22O2. The molecule has 0 saturated carbocycles. The van der Waals surface area contributed by atoms with Crippen LogP contribution in [0, 0.1) is 0 Å². The smallest absolute Gasteiger partial charge is 0.172 e. The van der Waals surface area contributed by atoms with Gasteiger partial charge in [0, 0.05) is 13.5 Å². The van der Waals surface area contributed by atoms with Crippen molar-refractivity contribution in [2.45, 2.75) is 51.6 Å². The van der Waals surface area contributed by atoms with Crippen molar-refractivity contribution in [2.24, 2.45) is 0 Å². The van der Waals surface area contributed by atoms with Gasteiger partial charge in [-0.05, 0) is 31.4 Å². The molecule has 0 spiro atoms. The molecule has 1 aliphatic carbocycles. The van der Waals surface area contributed by atoms with Crippen molar-refractivity contribution in [2.75, 3.05) is 7.11 Å². The first-order chi connectivity index (χ1) is 7.67. The van der Waals surface area contributed by atoms with E-state index in [2.05, 4.69) is 13.0 Å². The average molecular weight is 222 g/mol. The van der Waals surface area contributed by atoms with Crippen molar-refractivity contribution in [3.63, 3.8) is 0 Å². The fraction of sp³-hybridized carbons (Fsp3) is 0.643. The zero-order valence-electron chi connectivity index (χ0n) is 10.6. The second-order valence-corrected chi connectivity index (χ2v) is 4.35. The molecule has 1 rings (SSSR count). The summed E-state index contributed by atoms with van der Waals surface area (Å²) in [4.78, 5) is 12.2. The second-order valence-electron chi connectivity index (χ2n) is 4.35. The maximum Gasteiger partial charge on any atom is 0.172 e. The van der Waals surface area contributed by atoms with Crippen LogP contribution in [0.1, 0.15) is 46.0 Å². The summed E-state index contributed by atoms with van der Waals surface area (Å²) in [6.07, 6.45) is 10.7. The van der Waals surface area contributed by atoms with Crippen LogP contribution in [0.25, 0.3) is 0 Å². The minimum absolute atomic E-state index is 0.188. The summed E-state index contributed by atoms with van der Waals surface area (Å²) in [5, 5.41) is 0. The monoisotopic (exact) mass is 222 g/mol. The van der Waals surface area contributed by atoms with Gasteiger partial charge < -0.3 is 4.74 Å². The Bertz CT molecular complexity index is 302. The summed E-state index contributed by atoms with van der Waals surface area (Å²) < 4.78 is 5.48. The van der Waals surface area contributed by atoms with E-state index in [0.717, 1.165) is 31.3 Å². The summed E-state index contributed by atoms with van der Waals surface area (Å²) in [7, 11) is 1.62. The van der Waals surface area contributed by atoms with Crippen molar-refractivity contribution < 1.29 is 9.53 Å². The third kappa shape index (κ3) is 2.62. The van der Waals surface area contributed by atoms with Crippen LogP contribution in [0.5, 0.6) is 0 Å². The third-order valence-electron chi connectivity index (χ3n) is 3.24. The van der Waals surface area contributed by atoms with E-state index in [-0.39, 0.29) is 5.78 Å². The van der Waals surface area contributed by atoms with Gasteiger partial charge in [-0.25, -0.2) is 0 Å². The molecule has 1 atom stereocenters. The van der Waals surface area contributed by atoms with Crippen LogP contribution in [0.2, 0.25) is 0 Å². The number of carbonyl (C=O) groups is 1. The third-order valence-corrected chi connectivity index (χ3v) is 3.24. The Morgan fingerprint density at radius 3 is 2.81 bits per heavy atom. The van der Waals surface area contributed by atoms with Gasteiger partial charge in [0.2, 0.25) is 0 Å². The van der Waals surface area contributed by atoms with E-state index in [9.17, 15) is 4.79 Å². The van der Waals surface area contributed by atoms with E-state index in [1.807, 2.05) is 19.1 Å². The van der Waals surface area contributed by atoms with Gasteiger partial charge in [-0.3, -0.25) is 4.79 Å². The van der Waals surface area contributed by atoms with Crippen LogP contribution in [0.4, 0.5) is 0 Å². The van der Waals surface area contributed by atoms with E-state index in [0.29, 0.717) is 6.42 Å². The van der Waals surface area contributed by atoms with Crippen molar-refractivity contribution in [3.05, 3.63) is 23.8 Å². The Kier molecular flexibility index (Phi) is 4.94. The largest absolute Gasteiger partial charge is 0.362 e. The fourth-order valence-electron chi connectivity index (χ4n) is 2.14. The van der Waals surface area contributed by atoms with Crippen LogP contribution in [-0.4, -0.2) is 18.5 Å². The van der Waals surface area contributed by atoms with Gasteiger partial charge in [0.25, 0.3) is 0 Å². The number of carbonyl (C=O) groups excluding carboxylic acids is 1. The normalized spacial score (nSPS) is 24.3. The number of Topliss-reactive ketones (excluding diaryl/α,β-unsaturated/α-hetero) is 1. The van der Waals surface area contributed by atoms with Crippen molar-refractivity contribution in [3.8, 4) is 0 Å². The zero-order chi connectivity index (χ0) is 12.0. The summed E-state index contributed by atoms with van der Waals surface area (Å²) >= 11 is 0. The lowest BCUT2D eigenvalue weighted by Gasteiger charge is -2.31. The summed E-state index contributed by atoms with van der Waals surface area (Å²) in [6.45, 7) is 4.12. The SMILES string of the molecule is CCCCCC(=O)C1(OC)C=CCC=C1C. The molecule has 0 aromatic rings. The van der Waals surface area contributed by atoms with Crippen molar-refractivity contribution in [1.82, 2.24) is 0 Å².